The Balaban J connectivity index is 2.54. The highest BCUT2D eigenvalue weighted by Gasteiger charge is 2.32. The second kappa shape index (κ2) is 6.55. The van der Waals surface area contributed by atoms with Gasteiger partial charge in [-0.3, -0.25) is 0 Å². The van der Waals surface area contributed by atoms with Crippen molar-refractivity contribution in [3.63, 3.8) is 0 Å². The smallest absolute Gasteiger partial charge is 0.215 e. The first-order chi connectivity index (χ1) is 8.62. The lowest BCUT2D eigenvalue weighted by atomic mass is 9.75. The molecule has 0 aliphatic heterocycles. The minimum absolute atomic E-state index is 0.107. The maximum absolute atomic E-state index is 12.3. The molecule has 0 spiro atoms. The van der Waals surface area contributed by atoms with Gasteiger partial charge in [0.15, 0.2) is 0 Å². The van der Waals surface area contributed by atoms with E-state index in [1.165, 1.54) is 6.42 Å². The zero-order chi connectivity index (χ0) is 14.7. The quantitative estimate of drug-likeness (QED) is 0.789. The van der Waals surface area contributed by atoms with Crippen LogP contribution in [0.2, 0.25) is 0 Å². The van der Waals surface area contributed by atoms with Gasteiger partial charge in [0, 0.05) is 18.6 Å². The standard InChI is InChI=1S/C14H30N2O2S/c1-11(2)15-10-12(3)19(17,18)16-13-7-6-8-14(4,5)9-13/h11-13,15-16H,6-10H2,1-5H3. The Hall–Kier alpha value is -0.130. The van der Waals surface area contributed by atoms with Crippen molar-refractivity contribution in [2.24, 2.45) is 5.41 Å². The first kappa shape index (κ1) is 16.9. The topological polar surface area (TPSA) is 58.2 Å². The van der Waals surface area contributed by atoms with Gasteiger partial charge in [0.25, 0.3) is 0 Å². The highest BCUT2D eigenvalue weighted by Crippen LogP contribution is 2.35. The number of sulfonamides is 1. The van der Waals surface area contributed by atoms with Crippen LogP contribution in [-0.2, 0) is 10.0 Å². The lowest BCUT2D eigenvalue weighted by Crippen LogP contribution is -2.46. The minimum Gasteiger partial charge on any atom is -0.313 e. The van der Waals surface area contributed by atoms with E-state index in [4.69, 9.17) is 0 Å². The van der Waals surface area contributed by atoms with Gasteiger partial charge >= 0.3 is 0 Å². The summed E-state index contributed by atoms with van der Waals surface area (Å²) in [5.74, 6) is 0. The summed E-state index contributed by atoms with van der Waals surface area (Å²) in [6, 6.07) is 0.418. The van der Waals surface area contributed by atoms with Gasteiger partial charge in [-0.2, -0.15) is 0 Å². The van der Waals surface area contributed by atoms with Crippen molar-refractivity contribution in [3.8, 4) is 0 Å². The fourth-order valence-electron chi connectivity index (χ4n) is 2.66. The third-order valence-electron chi connectivity index (χ3n) is 3.88. The van der Waals surface area contributed by atoms with Crippen LogP contribution < -0.4 is 10.0 Å². The summed E-state index contributed by atoms with van der Waals surface area (Å²) in [6.07, 6.45) is 4.21. The van der Waals surface area contributed by atoms with E-state index >= 15 is 0 Å². The summed E-state index contributed by atoms with van der Waals surface area (Å²) in [7, 11) is -3.22. The van der Waals surface area contributed by atoms with Crippen LogP contribution in [0.25, 0.3) is 0 Å². The van der Waals surface area contributed by atoms with Gasteiger partial charge in [-0.15, -0.1) is 0 Å². The fraction of sp³-hybridized carbons (Fsp3) is 1.00. The fourth-order valence-corrected chi connectivity index (χ4v) is 3.87. The van der Waals surface area contributed by atoms with Crippen molar-refractivity contribution in [1.29, 1.82) is 0 Å². The number of hydrogen-bond donors (Lipinski definition) is 2. The molecule has 0 aromatic rings. The third-order valence-corrected chi connectivity index (χ3v) is 5.77. The van der Waals surface area contributed by atoms with Crippen LogP contribution in [0.1, 0.15) is 60.3 Å². The monoisotopic (exact) mass is 290 g/mol. The summed E-state index contributed by atoms with van der Waals surface area (Å²) >= 11 is 0. The molecule has 5 heteroatoms. The van der Waals surface area contributed by atoms with E-state index in [9.17, 15) is 8.42 Å². The highest BCUT2D eigenvalue weighted by atomic mass is 32.2. The normalized spacial score (nSPS) is 25.5. The molecule has 0 bridgehead atoms. The minimum atomic E-state index is -3.22. The van der Waals surface area contributed by atoms with Crippen molar-refractivity contribution < 1.29 is 8.42 Å². The summed E-state index contributed by atoms with van der Waals surface area (Å²) < 4.78 is 27.4. The Morgan fingerprint density at radius 2 is 1.89 bits per heavy atom. The van der Waals surface area contributed by atoms with Crippen molar-refractivity contribution in [1.82, 2.24) is 10.0 Å². The number of nitrogens with one attached hydrogen (secondary N) is 2. The lowest BCUT2D eigenvalue weighted by Gasteiger charge is -2.35. The molecule has 1 rings (SSSR count). The molecule has 1 saturated carbocycles. The molecular formula is C14H30N2O2S. The van der Waals surface area contributed by atoms with Crippen LogP contribution >= 0.6 is 0 Å². The lowest BCUT2D eigenvalue weighted by molar-refractivity contribution is 0.212. The Morgan fingerprint density at radius 3 is 2.42 bits per heavy atom. The molecule has 1 aliphatic carbocycles. The molecule has 1 aliphatic rings. The van der Waals surface area contributed by atoms with E-state index in [1.54, 1.807) is 6.92 Å². The van der Waals surface area contributed by atoms with Gasteiger partial charge in [0.05, 0.1) is 5.25 Å². The zero-order valence-electron chi connectivity index (χ0n) is 13.0. The largest absolute Gasteiger partial charge is 0.313 e. The van der Waals surface area contributed by atoms with Crippen LogP contribution in [0.15, 0.2) is 0 Å². The number of hydrogen-bond acceptors (Lipinski definition) is 3. The Kier molecular flexibility index (Phi) is 5.83. The summed E-state index contributed by atoms with van der Waals surface area (Å²) in [5, 5.41) is 2.80. The molecule has 114 valence electrons. The van der Waals surface area contributed by atoms with Gasteiger partial charge in [-0.1, -0.05) is 34.1 Å². The molecule has 2 atom stereocenters. The average Bonchev–Trinajstić information content (AvgIpc) is 2.23. The molecule has 2 N–H and O–H groups in total. The van der Waals surface area contributed by atoms with Crippen LogP contribution in [0.5, 0.6) is 0 Å². The second-order valence-electron chi connectivity index (χ2n) is 6.99. The van der Waals surface area contributed by atoms with Gasteiger partial charge in [-0.05, 0) is 31.6 Å². The van der Waals surface area contributed by atoms with Crippen molar-refractivity contribution in [3.05, 3.63) is 0 Å². The van der Waals surface area contributed by atoms with Crippen molar-refractivity contribution in [2.75, 3.05) is 6.54 Å². The van der Waals surface area contributed by atoms with E-state index in [1.807, 2.05) is 13.8 Å². The Morgan fingerprint density at radius 1 is 1.26 bits per heavy atom. The van der Waals surface area contributed by atoms with Crippen LogP contribution in [-0.4, -0.2) is 32.3 Å². The molecule has 0 radical (unpaired) electrons. The molecule has 2 unspecified atom stereocenters. The predicted molar refractivity (Wildman–Crippen MR) is 80.7 cm³/mol. The molecule has 0 heterocycles. The second-order valence-corrected chi connectivity index (χ2v) is 9.12. The Bertz CT molecular complexity index is 377. The molecule has 4 nitrogen and oxygen atoms in total. The van der Waals surface area contributed by atoms with E-state index in [2.05, 4.69) is 23.9 Å². The van der Waals surface area contributed by atoms with Gasteiger partial charge < -0.3 is 5.32 Å². The van der Waals surface area contributed by atoms with E-state index in [0.717, 1.165) is 19.3 Å². The predicted octanol–water partition coefficient (Wildman–Crippen LogP) is 2.26. The zero-order valence-corrected chi connectivity index (χ0v) is 13.8. The maximum atomic E-state index is 12.3. The van der Waals surface area contributed by atoms with Crippen molar-refractivity contribution in [2.45, 2.75) is 77.6 Å². The van der Waals surface area contributed by atoms with Gasteiger partial charge in [0.1, 0.15) is 0 Å². The van der Waals surface area contributed by atoms with E-state index in [0.29, 0.717) is 12.6 Å². The highest BCUT2D eigenvalue weighted by molar-refractivity contribution is 7.90. The first-order valence-corrected chi connectivity index (χ1v) is 8.91. The van der Waals surface area contributed by atoms with Crippen LogP contribution in [0.3, 0.4) is 0 Å². The summed E-state index contributed by atoms with van der Waals surface area (Å²) in [5.41, 5.74) is 0.255. The SMILES string of the molecule is CC(C)NCC(C)S(=O)(=O)NC1CCCC(C)(C)C1. The van der Waals surface area contributed by atoms with Crippen LogP contribution in [0, 0.1) is 5.41 Å². The molecule has 0 aromatic heterocycles. The Labute approximate surface area is 118 Å². The molecule has 0 saturated heterocycles. The molecule has 1 fully saturated rings. The van der Waals surface area contributed by atoms with E-state index in [-0.39, 0.29) is 16.7 Å². The summed E-state index contributed by atoms with van der Waals surface area (Å²) in [6.45, 7) is 10.8. The average molecular weight is 290 g/mol. The summed E-state index contributed by atoms with van der Waals surface area (Å²) in [4.78, 5) is 0. The van der Waals surface area contributed by atoms with Crippen molar-refractivity contribution >= 4 is 10.0 Å². The third kappa shape index (κ3) is 5.79. The molecule has 0 aromatic carbocycles. The molecule has 19 heavy (non-hydrogen) atoms. The molecular weight excluding hydrogens is 260 g/mol. The maximum Gasteiger partial charge on any atom is 0.215 e. The van der Waals surface area contributed by atoms with Gasteiger partial charge in [0.2, 0.25) is 10.0 Å². The van der Waals surface area contributed by atoms with Gasteiger partial charge in [-0.25, -0.2) is 13.1 Å². The number of rotatable bonds is 6. The van der Waals surface area contributed by atoms with Crippen LogP contribution in [0.4, 0.5) is 0 Å². The molecule has 0 amide bonds. The first-order valence-electron chi connectivity index (χ1n) is 7.37. The van der Waals surface area contributed by atoms with E-state index < -0.39 is 10.0 Å².